The van der Waals surface area contributed by atoms with Crippen molar-refractivity contribution in [2.75, 3.05) is 5.01 Å². The van der Waals surface area contributed by atoms with E-state index in [9.17, 15) is 9.59 Å². The van der Waals surface area contributed by atoms with Crippen LogP contribution in [0.2, 0.25) is 0 Å². The Balaban J connectivity index is 1.97. The molecule has 1 aliphatic rings. The van der Waals surface area contributed by atoms with Crippen LogP contribution in [-0.2, 0) is 9.59 Å². The number of thiazole rings is 1. The molecule has 0 aliphatic carbocycles. The Morgan fingerprint density at radius 3 is 2.80 bits per heavy atom. The highest BCUT2D eigenvalue weighted by atomic mass is 127. The number of hydrogen-bond donors (Lipinski definition) is 1. The molecule has 0 unspecified atom stereocenters. The number of amides is 2. The molecule has 1 aromatic carbocycles. The summed E-state index contributed by atoms with van der Waals surface area (Å²) in [6.45, 7) is 0. The fraction of sp³-hybridized carbons (Fsp3) is 0. The lowest BCUT2D eigenvalue weighted by atomic mass is 10.2. The number of nitrogens with one attached hydrogen (secondary N) is 1. The molecule has 2 amide bonds. The maximum atomic E-state index is 12.3. The van der Waals surface area contributed by atoms with Crippen LogP contribution in [0.3, 0.4) is 0 Å². The Morgan fingerprint density at radius 1 is 1.30 bits per heavy atom. The molecule has 0 atom stereocenters. The summed E-state index contributed by atoms with van der Waals surface area (Å²) in [5, 5.41) is 3.69. The van der Waals surface area contributed by atoms with Crippen molar-refractivity contribution in [3.8, 4) is 0 Å². The largest absolute Gasteiger partial charge is 0.282 e. The maximum absolute atomic E-state index is 12.3. The zero-order valence-electron chi connectivity index (χ0n) is 10.0. The number of hydrazine groups is 1. The highest BCUT2D eigenvalue weighted by Gasteiger charge is 2.35. The van der Waals surface area contributed by atoms with Crippen LogP contribution in [0.4, 0.5) is 5.69 Å². The molecule has 100 valence electrons. The van der Waals surface area contributed by atoms with Gasteiger partial charge in [0.15, 0.2) is 0 Å². The third-order valence-corrected chi connectivity index (χ3v) is 4.34. The Bertz CT molecular complexity index is 712. The first kappa shape index (κ1) is 13.3. The molecule has 1 aliphatic heterocycles. The number of aromatic nitrogens is 1. The fourth-order valence-electron chi connectivity index (χ4n) is 1.79. The number of anilines is 1. The van der Waals surface area contributed by atoms with Crippen LogP contribution in [0.5, 0.6) is 0 Å². The van der Waals surface area contributed by atoms with Gasteiger partial charge in [-0.2, -0.15) is 0 Å². The van der Waals surface area contributed by atoms with Crippen LogP contribution in [0.15, 0.2) is 41.4 Å². The topological polar surface area (TPSA) is 62.3 Å². The molecule has 1 fully saturated rings. The fourth-order valence-corrected chi connectivity index (χ4v) is 2.99. The molecule has 1 saturated heterocycles. The first-order valence-electron chi connectivity index (χ1n) is 5.68. The molecule has 0 bridgehead atoms. The van der Waals surface area contributed by atoms with Crippen LogP contribution in [-0.4, -0.2) is 16.8 Å². The zero-order valence-corrected chi connectivity index (χ0v) is 13.0. The second-order valence-corrected chi connectivity index (χ2v) is 6.05. The zero-order chi connectivity index (χ0) is 14.1. The summed E-state index contributed by atoms with van der Waals surface area (Å²) in [6.07, 6.45) is 3.14. The molecular weight excluding hydrogens is 389 g/mol. The third-order valence-electron chi connectivity index (χ3n) is 2.70. The first-order valence-corrected chi connectivity index (χ1v) is 7.64. The minimum absolute atomic E-state index is 0.0969. The smallest absolute Gasteiger partial charge is 0.267 e. The number of rotatable bonds is 2. The number of benzene rings is 1. The summed E-state index contributed by atoms with van der Waals surface area (Å²) in [5.74, 6) is -0.779. The lowest BCUT2D eigenvalue weighted by Crippen LogP contribution is -2.36. The number of halogens is 1. The van der Waals surface area contributed by atoms with Crippen molar-refractivity contribution in [2.24, 2.45) is 0 Å². The van der Waals surface area contributed by atoms with Crippen molar-refractivity contribution in [3.05, 3.63) is 50.0 Å². The van der Waals surface area contributed by atoms with Gasteiger partial charge in [0, 0.05) is 15.1 Å². The van der Waals surface area contributed by atoms with E-state index < -0.39 is 5.91 Å². The highest BCUT2D eigenvalue weighted by molar-refractivity contribution is 14.1. The van der Waals surface area contributed by atoms with Crippen molar-refractivity contribution in [2.45, 2.75) is 0 Å². The molecule has 5 nitrogen and oxygen atoms in total. The predicted molar refractivity (Wildman–Crippen MR) is 84.9 cm³/mol. The van der Waals surface area contributed by atoms with Crippen molar-refractivity contribution in [1.82, 2.24) is 10.4 Å². The minimum atomic E-state index is -0.412. The number of nitrogens with zero attached hydrogens (tertiary/aromatic N) is 2. The van der Waals surface area contributed by atoms with Crippen LogP contribution in [0.1, 0.15) is 5.01 Å². The molecule has 0 spiro atoms. The molecular formula is C13H8IN3O2S. The average Bonchev–Trinajstić information content (AvgIpc) is 3.03. The summed E-state index contributed by atoms with van der Waals surface area (Å²) >= 11 is 3.50. The Labute approximate surface area is 132 Å². The first-order chi connectivity index (χ1) is 9.66. The molecule has 7 heteroatoms. The summed E-state index contributed by atoms with van der Waals surface area (Å²) in [5.41, 5.74) is 3.33. The lowest BCUT2D eigenvalue weighted by Gasteiger charge is -2.15. The molecule has 1 aromatic heterocycles. The number of carbonyl (C=O) groups is 2. The minimum Gasteiger partial charge on any atom is -0.267 e. The molecule has 0 saturated carbocycles. The van der Waals surface area contributed by atoms with E-state index in [0.29, 0.717) is 10.7 Å². The summed E-state index contributed by atoms with van der Waals surface area (Å²) in [6, 6.07) is 7.35. The summed E-state index contributed by atoms with van der Waals surface area (Å²) < 4.78 is 0.884. The second kappa shape index (κ2) is 5.33. The van der Waals surface area contributed by atoms with Gasteiger partial charge < -0.3 is 0 Å². The van der Waals surface area contributed by atoms with E-state index in [4.69, 9.17) is 0 Å². The standard InChI is InChI=1S/C13H8IN3O2S/c14-9-3-1-2-4-10(9)17-13(19)8(12(18)16-17)7-11-15-5-6-20-11/h1-7H,(H,16,18). The van der Waals surface area contributed by atoms with Gasteiger partial charge in [-0.25, -0.2) is 9.99 Å². The number of hydrogen-bond acceptors (Lipinski definition) is 4. The van der Waals surface area contributed by atoms with E-state index in [1.165, 1.54) is 22.4 Å². The van der Waals surface area contributed by atoms with Crippen LogP contribution >= 0.6 is 33.9 Å². The van der Waals surface area contributed by atoms with E-state index in [2.05, 4.69) is 33.0 Å². The van der Waals surface area contributed by atoms with Crippen molar-refractivity contribution in [1.29, 1.82) is 0 Å². The SMILES string of the molecule is O=C1NN(c2ccccc2I)C(=O)C1=Cc1nccs1. The van der Waals surface area contributed by atoms with Gasteiger partial charge in [-0.3, -0.25) is 15.0 Å². The Morgan fingerprint density at radius 2 is 2.10 bits per heavy atom. The van der Waals surface area contributed by atoms with Gasteiger partial charge in [0.1, 0.15) is 10.6 Å². The van der Waals surface area contributed by atoms with Gasteiger partial charge in [-0.1, -0.05) is 12.1 Å². The molecule has 2 aromatic rings. The van der Waals surface area contributed by atoms with Gasteiger partial charge in [0.2, 0.25) is 0 Å². The predicted octanol–water partition coefficient (Wildman–Crippen LogP) is 2.21. The van der Waals surface area contributed by atoms with Crippen LogP contribution < -0.4 is 10.4 Å². The van der Waals surface area contributed by atoms with E-state index >= 15 is 0 Å². The van der Waals surface area contributed by atoms with Gasteiger partial charge in [0.25, 0.3) is 11.8 Å². The van der Waals surface area contributed by atoms with Gasteiger partial charge in [-0.15, -0.1) is 11.3 Å². The molecule has 1 N–H and O–H groups in total. The Hall–Kier alpha value is -1.74. The molecule has 20 heavy (non-hydrogen) atoms. The molecule has 2 heterocycles. The highest BCUT2D eigenvalue weighted by Crippen LogP contribution is 2.26. The van der Waals surface area contributed by atoms with E-state index in [-0.39, 0.29) is 11.5 Å². The Kier molecular flexibility index (Phi) is 3.53. The lowest BCUT2D eigenvalue weighted by molar-refractivity contribution is -0.117. The van der Waals surface area contributed by atoms with E-state index in [0.717, 1.165) is 3.57 Å². The summed E-state index contributed by atoms with van der Waals surface area (Å²) in [4.78, 5) is 28.3. The molecule has 3 rings (SSSR count). The normalized spacial score (nSPS) is 16.9. The summed E-state index contributed by atoms with van der Waals surface area (Å²) in [7, 11) is 0. The van der Waals surface area contributed by atoms with Crippen molar-refractivity contribution >= 4 is 57.5 Å². The van der Waals surface area contributed by atoms with Gasteiger partial charge in [-0.05, 0) is 40.8 Å². The van der Waals surface area contributed by atoms with E-state index in [1.807, 2.05) is 18.2 Å². The second-order valence-electron chi connectivity index (χ2n) is 3.96. The number of carbonyl (C=O) groups excluding carboxylic acids is 2. The monoisotopic (exact) mass is 397 g/mol. The average molecular weight is 397 g/mol. The quantitative estimate of drug-likeness (QED) is 0.480. The van der Waals surface area contributed by atoms with Crippen LogP contribution in [0, 0.1) is 3.57 Å². The number of para-hydroxylation sites is 1. The third kappa shape index (κ3) is 2.34. The van der Waals surface area contributed by atoms with Crippen LogP contribution in [0.25, 0.3) is 6.08 Å². The van der Waals surface area contributed by atoms with E-state index in [1.54, 1.807) is 17.6 Å². The van der Waals surface area contributed by atoms with Gasteiger partial charge in [0.05, 0.1) is 5.69 Å². The van der Waals surface area contributed by atoms with Gasteiger partial charge >= 0.3 is 0 Å². The molecule has 0 radical (unpaired) electrons. The van der Waals surface area contributed by atoms with Crippen molar-refractivity contribution in [3.63, 3.8) is 0 Å². The van der Waals surface area contributed by atoms with Crippen molar-refractivity contribution < 1.29 is 9.59 Å². The maximum Gasteiger partial charge on any atom is 0.282 e.